The standard InChI is InChI=1S/CH3O.ClH.Sr/c1-2;;/h1H3;1H;/q-1;;+2/p-1. The summed E-state index contributed by atoms with van der Waals surface area (Å²) in [7, 11) is 0.750. The molecule has 0 amide bonds. The summed E-state index contributed by atoms with van der Waals surface area (Å²) in [6.45, 7) is 0. The molecule has 0 radical (unpaired) electrons. The molecule has 0 bridgehead atoms. The number of rotatable bonds is 0. The molecule has 4 heavy (non-hydrogen) atoms. The molecule has 3 heteroatoms. The van der Waals surface area contributed by atoms with Gasteiger partial charge in [0.25, 0.3) is 0 Å². The largest absolute Gasteiger partial charge is 2.00 e. The predicted molar refractivity (Wildman–Crippen MR) is 11.7 cm³/mol. The van der Waals surface area contributed by atoms with Gasteiger partial charge in [-0.1, -0.05) is 0 Å². The Bertz CT molecular complexity index is 8.00. The molecule has 0 fully saturated rings. The van der Waals surface area contributed by atoms with Gasteiger partial charge in [0.15, 0.2) is 0 Å². The van der Waals surface area contributed by atoms with Crippen molar-refractivity contribution in [1.29, 1.82) is 0 Å². The van der Waals surface area contributed by atoms with Crippen molar-refractivity contribution in [2.75, 3.05) is 7.11 Å². The van der Waals surface area contributed by atoms with Gasteiger partial charge in [-0.05, 0) is 0 Å². The van der Waals surface area contributed by atoms with Crippen molar-refractivity contribution >= 4 is 45.5 Å². The molecule has 22 valence electrons. The van der Waals surface area contributed by atoms with Crippen LogP contribution in [0.1, 0.15) is 0 Å². The van der Waals surface area contributed by atoms with E-state index in [1.54, 1.807) is 0 Å². The molecule has 0 rings (SSSR count). The van der Waals surface area contributed by atoms with Gasteiger partial charge in [0.2, 0.25) is 0 Å². The van der Waals surface area contributed by atoms with Gasteiger partial charge in [-0.15, -0.1) is 0 Å². The van der Waals surface area contributed by atoms with Crippen molar-refractivity contribution in [3.63, 3.8) is 0 Å². The molecule has 0 heterocycles. The predicted octanol–water partition coefficient (Wildman–Crippen LogP) is -4.40. The van der Waals surface area contributed by atoms with Crippen LogP contribution in [0.2, 0.25) is 0 Å². The molecule has 1 nitrogen and oxygen atoms in total. The van der Waals surface area contributed by atoms with Crippen LogP contribution >= 0.6 is 0 Å². The van der Waals surface area contributed by atoms with Gasteiger partial charge in [0.1, 0.15) is 0 Å². The number of halogens is 1. The van der Waals surface area contributed by atoms with Gasteiger partial charge in [-0.3, -0.25) is 0 Å². The molecule has 0 N–H and O–H groups in total. The molecule has 0 aliphatic heterocycles. The van der Waals surface area contributed by atoms with Gasteiger partial charge >= 0.3 is 45.5 Å². The van der Waals surface area contributed by atoms with Crippen LogP contribution in [0.3, 0.4) is 0 Å². The molecule has 0 atom stereocenters. The summed E-state index contributed by atoms with van der Waals surface area (Å²) in [5, 5.41) is 8.25. The van der Waals surface area contributed by atoms with Crippen molar-refractivity contribution in [3.05, 3.63) is 0 Å². The monoisotopic (exact) mass is 154 g/mol. The van der Waals surface area contributed by atoms with E-state index in [2.05, 4.69) is 0 Å². The van der Waals surface area contributed by atoms with Crippen LogP contribution in [-0.4, -0.2) is 52.6 Å². The quantitative estimate of drug-likeness (QED) is 0.323. The Kier molecular flexibility index (Phi) is 94.5. The summed E-state index contributed by atoms with van der Waals surface area (Å²) < 4.78 is 0. The molecule has 0 unspecified atom stereocenters. The maximum atomic E-state index is 8.25. The Labute approximate surface area is 69.1 Å². The SMILES string of the molecule is C[O-].[Cl-].[Sr+2]. The van der Waals surface area contributed by atoms with E-state index in [0.717, 1.165) is 7.11 Å². The average Bonchev–Trinajstić information content (AvgIpc) is 1.00. The smallest absolute Gasteiger partial charge is 1.00 e. The molecule has 0 aliphatic carbocycles. The van der Waals surface area contributed by atoms with Crippen LogP contribution in [0, 0.1) is 0 Å². The van der Waals surface area contributed by atoms with E-state index >= 15 is 0 Å². The molecule has 0 aromatic rings. The summed E-state index contributed by atoms with van der Waals surface area (Å²) in [6.07, 6.45) is 0. The molecule has 0 aliphatic rings. The maximum Gasteiger partial charge on any atom is 2.00 e. The van der Waals surface area contributed by atoms with Crippen LogP contribution in [-0.2, 0) is 0 Å². The number of hydrogen-bond donors (Lipinski definition) is 0. The molecule has 0 spiro atoms. The summed E-state index contributed by atoms with van der Waals surface area (Å²) in [4.78, 5) is 0. The van der Waals surface area contributed by atoms with Crippen molar-refractivity contribution < 1.29 is 17.5 Å². The molecular weight excluding hydrogens is 151 g/mol. The number of hydrogen-bond acceptors (Lipinski definition) is 1. The van der Waals surface area contributed by atoms with Crippen LogP contribution in [0.5, 0.6) is 0 Å². The Morgan fingerprint density at radius 3 is 1.25 bits per heavy atom. The van der Waals surface area contributed by atoms with Gasteiger partial charge in [-0.2, -0.15) is 7.11 Å². The Morgan fingerprint density at radius 2 is 1.25 bits per heavy atom. The Balaban J connectivity index is -0.00000000500. The molecule has 0 saturated heterocycles. The maximum absolute atomic E-state index is 8.25. The summed E-state index contributed by atoms with van der Waals surface area (Å²) in [6, 6.07) is 0. The van der Waals surface area contributed by atoms with Gasteiger partial charge in [-0.25, -0.2) is 0 Å². The minimum atomic E-state index is 0. The second-order valence-electron chi connectivity index (χ2n) is 0. The van der Waals surface area contributed by atoms with Gasteiger partial charge < -0.3 is 17.5 Å². The van der Waals surface area contributed by atoms with E-state index in [1.807, 2.05) is 0 Å². The molecule has 0 aromatic carbocycles. The van der Waals surface area contributed by atoms with Crippen LogP contribution in [0.15, 0.2) is 0 Å². The van der Waals surface area contributed by atoms with E-state index in [1.165, 1.54) is 0 Å². The summed E-state index contributed by atoms with van der Waals surface area (Å²) >= 11 is 0. The topological polar surface area (TPSA) is 23.1 Å². The minimum Gasteiger partial charge on any atom is -1.00 e. The van der Waals surface area contributed by atoms with E-state index in [-0.39, 0.29) is 57.9 Å². The van der Waals surface area contributed by atoms with E-state index in [9.17, 15) is 0 Å². The first-order chi connectivity index (χ1) is 1.00. The second kappa shape index (κ2) is 22.0. The van der Waals surface area contributed by atoms with Gasteiger partial charge in [0, 0.05) is 0 Å². The van der Waals surface area contributed by atoms with Crippen molar-refractivity contribution in [3.8, 4) is 0 Å². The fraction of sp³-hybridized carbons (Fsp3) is 1.00. The minimum absolute atomic E-state index is 0. The van der Waals surface area contributed by atoms with Crippen molar-refractivity contribution in [1.82, 2.24) is 0 Å². The van der Waals surface area contributed by atoms with Crippen molar-refractivity contribution in [2.24, 2.45) is 0 Å². The summed E-state index contributed by atoms with van der Waals surface area (Å²) in [5.41, 5.74) is 0. The first-order valence-corrected chi connectivity index (χ1v) is 0.408. The van der Waals surface area contributed by atoms with Crippen molar-refractivity contribution in [2.45, 2.75) is 0 Å². The Morgan fingerprint density at radius 1 is 1.25 bits per heavy atom. The van der Waals surface area contributed by atoms with Crippen LogP contribution < -0.4 is 17.5 Å². The zero-order valence-corrected chi connectivity index (χ0v) is 6.73. The first-order valence-electron chi connectivity index (χ1n) is 0.408. The third kappa shape index (κ3) is 9.29. The zero-order chi connectivity index (χ0) is 2.00. The summed E-state index contributed by atoms with van der Waals surface area (Å²) in [5.74, 6) is 0. The fourth-order valence-corrected chi connectivity index (χ4v) is 0. The third-order valence-corrected chi connectivity index (χ3v) is 0. The van der Waals surface area contributed by atoms with Gasteiger partial charge in [0.05, 0.1) is 0 Å². The van der Waals surface area contributed by atoms with Crippen LogP contribution in [0.4, 0.5) is 0 Å². The van der Waals surface area contributed by atoms with E-state index in [0.29, 0.717) is 0 Å². The molecule has 0 aromatic heterocycles. The molecule has 0 saturated carbocycles. The third-order valence-electron chi connectivity index (χ3n) is 0. The average molecular weight is 154 g/mol. The zero-order valence-electron chi connectivity index (χ0n) is 2.49. The fourth-order valence-electron chi connectivity index (χ4n) is 0. The van der Waals surface area contributed by atoms with Crippen LogP contribution in [0.25, 0.3) is 0 Å². The Hall–Kier alpha value is 1.73. The van der Waals surface area contributed by atoms with E-state index in [4.69, 9.17) is 5.11 Å². The molecular formula is CH3ClOSr. The van der Waals surface area contributed by atoms with E-state index < -0.39 is 0 Å². The first kappa shape index (κ1) is 17.2. The second-order valence-corrected chi connectivity index (χ2v) is 0. The normalized spacial score (nSPS) is 1.50.